The quantitative estimate of drug-likeness (QED) is 0.112. The third-order valence-electron chi connectivity index (χ3n) is 6.44. The van der Waals surface area contributed by atoms with Gasteiger partial charge in [0.05, 0.1) is 25.0 Å². The largest absolute Gasteiger partial charge is 0.497 e. The lowest BCUT2D eigenvalue weighted by molar-refractivity contribution is -0.115. The molecule has 45 heavy (non-hydrogen) atoms. The van der Waals surface area contributed by atoms with Crippen LogP contribution < -0.4 is 25.4 Å². The first kappa shape index (κ1) is 32.4. The number of nitrogens with one attached hydrogen (secondary N) is 3. The minimum atomic E-state index is -1.05. The van der Waals surface area contributed by atoms with E-state index in [1.807, 2.05) is 6.07 Å². The molecular weight excluding hydrogens is 594 g/mol. The fraction of sp³-hybridized carbons (Fsp3) is 0.118. The van der Waals surface area contributed by atoms with Gasteiger partial charge in [-0.25, -0.2) is 4.79 Å². The normalized spacial score (nSPS) is 11.6. The first-order chi connectivity index (χ1) is 21.7. The molecule has 0 spiro atoms. The minimum Gasteiger partial charge on any atom is -0.497 e. The summed E-state index contributed by atoms with van der Waals surface area (Å²) < 4.78 is 10.7. The molecule has 0 bridgehead atoms. The standard InChI is InChI=1S/C34H31N3O7S/c1-21(31(38)35-25-15-12-23(13-16-25)34(41)42)45-28-11-7-10-26(19-28)36-33(40)29(37-32(39)22-8-5-4-6-9-22)18-24-14-17-27(43-2)20-30(24)44-3/h4-21H,1-3H3,(H,35,38)(H,36,40)(H,37,39)(H,41,42)/b29-18+. The van der Waals surface area contributed by atoms with Gasteiger partial charge in [0.25, 0.3) is 11.8 Å². The van der Waals surface area contributed by atoms with Gasteiger partial charge in [0.1, 0.15) is 17.2 Å². The van der Waals surface area contributed by atoms with Gasteiger partial charge in [0.2, 0.25) is 5.91 Å². The molecule has 0 aromatic heterocycles. The van der Waals surface area contributed by atoms with Crippen LogP contribution in [0.1, 0.15) is 33.2 Å². The summed E-state index contributed by atoms with van der Waals surface area (Å²) >= 11 is 1.28. The van der Waals surface area contributed by atoms with Crippen LogP contribution >= 0.6 is 11.8 Å². The van der Waals surface area contributed by atoms with Crippen molar-refractivity contribution in [2.75, 3.05) is 24.9 Å². The number of benzene rings is 4. The lowest BCUT2D eigenvalue weighted by Crippen LogP contribution is -2.30. The van der Waals surface area contributed by atoms with Crippen molar-refractivity contribution in [1.82, 2.24) is 5.32 Å². The lowest BCUT2D eigenvalue weighted by atomic mass is 10.1. The molecular formula is C34H31N3O7S. The smallest absolute Gasteiger partial charge is 0.335 e. The number of hydrogen-bond donors (Lipinski definition) is 4. The number of hydrogen-bond acceptors (Lipinski definition) is 7. The van der Waals surface area contributed by atoms with Crippen LogP contribution in [0.25, 0.3) is 6.08 Å². The molecule has 230 valence electrons. The van der Waals surface area contributed by atoms with Crippen molar-refractivity contribution in [3.05, 3.63) is 119 Å². The van der Waals surface area contributed by atoms with E-state index < -0.39 is 23.0 Å². The number of aromatic carboxylic acids is 1. The molecule has 3 amide bonds. The summed E-state index contributed by atoms with van der Waals surface area (Å²) in [5.74, 6) is -1.36. The summed E-state index contributed by atoms with van der Waals surface area (Å²) in [6.45, 7) is 1.74. The van der Waals surface area contributed by atoms with Crippen molar-refractivity contribution in [3.63, 3.8) is 0 Å². The van der Waals surface area contributed by atoms with Crippen LogP contribution in [0.5, 0.6) is 11.5 Å². The maximum Gasteiger partial charge on any atom is 0.335 e. The first-order valence-corrected chi connectivity index (χ1v) is 14.6. The van der Waals surface area contributed by atoms with E-state index in [1.165, 1.54) is 56.3 Å². The van der Waals surface area contributed by atoms with Gasteiger partial charge in [-0.2, -0.15) is 0 Å². The van der Waals surface area contributed by atoms with Crippen molar-refractivity contribution < 1.29 is 33.8 Å². The molecule has 0 saturated carbocycles. The number of carboxylic acids is 1. The molecule has 0 saturated heterocycles. The van der Waals surface area contributed by atoms with Crippen molar-refractivity contribution in [2.24, 2.45) is 0 Å². The average Bonchev–Trinajstić information content (AvgIpc) is 3.05. The highest BCUT2D eigenvalue weighted by Gasteiger charge is 2.18. The van der Waals surface area contributed by atoms with E-state index in [-0.39, 0.29) is 17.2 Å². The zero-order chi connectivity index (χ0) is 32.3. The molecule has 4 rings (SSSR count). The number of amides is 3. The zero-order valence-corrected chi connectivity index (χ0v) is 25.5. The predicted octanol–water partition coefficient (Wildman–Crippen LogP) is 5.93. The number of carboxylic acid groups (broad SMARTS) is 1. The third-order valence-corrected chi connectivity index (χ3v) is 7.54. The number of methoxy groups -OCH3 is 2. The molecule has 0 heterocycles. The molecule has 0 aliphatic rings. The van der Waals surface area contributed by atoms with Gasteiger partial charge < -0.3 is 30.5 Å². The van der Waals surface area contributed by atoms with Crippen LogP contribution in [0.2, 0.25) is 0 Å². The Morgan fingerprint density at radius 2 is 1.51 bits per heavy atom. The van der Waals surface area contributed by atoms with Crippen LogP contribution in [-0.4, -0.2) is 48.3 Å². The summed E-state index contributed by atoms with van der Waals surface area (Å²) in [6.07, 6.45) is 1.52. The summed E-state index contributed by atoms with van der Waals surface area (Å²) in [6, 6.07) is 26.5. The Bertz CT molecular complexity index is 1720. The molecule has 1 atom stereocenters. The first-order valence-electron chi connectivity index (χ1n) is 13.7. The summed E-state index contributed by atoms with van der Waals surface area (Å²) in [5, 5.41) is 16.9. The molecule has 4 aromatic rings. The van der Waals surface area contributed by atoms with Crippen LogP contribution in [0.15, 0.2) is 108 Å². The zero-order valence-electron chi connectivity index (χ0n) is 24.7. The fourth-order valence-corrected chi connectivity index (χ4v) is 5.01. The van der Waals surface area contributed by atoms with Gasteiger partial charge in [-0.05, 0) is 79.7 Å². The Morgan fingerprint density at radius 1 is 0.778 bits per heavy atom. The van der Waals surface area contributed by atoms with E-state index in [0.29, 0.717) is 38.9 Å². The second-order valence-electron chi connectivity index (χ2n) is 9.60. The van der Waals surface area contributed by atoms with Gasteiger partial charge in [0.15, 0.2) is 0 Å². The lowest BCUT2D eigenvalue weighted by Gasteiger charge is -2.15. The second-order valence-corrected chi connectivity index (χ2v) is 11.0. The highest BCUT2D eigenvalue weighted by molar-refractivity contribution is 8.00. The Kier molecular flexibility index (Phi) is 11.0. The van der Waals surface area contributed by atoms with Crippen molar-refractivity contribution >= 4 is 52.9 Å². The maximum absolute atomic E-state index is 13.6. The van der Waals surface area contributed by atoms with Crippen LogP contribution in [-0.2, 0) is 9.59 Å². The number of carbonyl (C=O) groups is 4. The van der Waals surface area contributed by atoms with Gasteiger partial charge in [-0.1, -0.05) is 24.3 Å². The third kappa shape index (κ3) is 8.97. The topological polar surface area (TPSA) is 143 Å². The number of thioether (sulfide) groups is 1. The molecule has 4 aromatic carbocycles. The van der Waals surface area contributed by atoms with E-state index >= 15 is 0 Å². The van der Waals surface area contributed by atoms with E-state index in [1.54, 1.807) is 73.7 Å². The van der Waals surface area contributed by atoms with E-state index in [9.17, 15) is 19.2 Å². The maximum atomic E-state index is 13.6. The highest BCUT2D eigenvalue weighted by atomic mass is 32.2. The van der Waals surface area contributed by atoms with E-state index in [2.05, 4.69) is 16.0 Å². The van der Waals surface area contributed by atoms with Gasteiger partial charge in [0, 0.05) is 33.5 Å². The van der Waals surface area contributed by atoms with Crippen molar-refractivity contribution in [3.8, 4) is 11.5 Å². The predicted molar refractivity (Wildman–Crippen MR) is 174 cm³/mol. The summed E-state index contributed by atoms with van der Waals surface area (Å²) in [7, 11) is 3.03. The summed E-state index contributed by atoms with van der Waals surface area (Å²) in [5.41, 5.74) is 1.94. The Hall–Kier alpha value is -5.55. The molecule has 4 N–H and O–H groups in total. The number of carbonyl (C=O) groups excluding carboxylic acids is 3. The Morgan fingerprint density at radius 3 is 2.18 bits per heavy atom. The summed E-state index contributed by atoms with van der Waals surface area (Å²) in [4.78, 5) is 51.1. The van der Waals surface area contributed by atoms with Gasteiger partial charge >= 0.3 is 5.97 Å². The minimum absolute atomic E-state index is 0.0213. The fourth-order valence-electron chi connectivity index (χ4n) is 4.08. The van der Waals surface area contributed by atoms with E-state index in [0.717, 1.165) is 0 Å². The second kappa shape index (κ2) is 15.3. The molecule has 11 heteroatoms. The van der Waals surface area contributed by atoms with Gasteiger partial charge in [-0.3, -0.25) is 14.4 Å². The van der Waals surface area contributed by atoms with Crippen molar-refractivity contribution in [1.29, 1.82) is 0 Å². The molecule has 10 nitrogen and oxygen atoms in total. The van der Waals surface area contributed by atoms with Crippen LogP contribution in [0, 0.1) is 0 Å². The van der Waals surface area contributed by atoms with Crippen LogP contribution in [0.4, 0.5) is 11.4 Å². The number of anilines is 2. The Balaban J connectivity index is 1.51. The van der Waals surface area contributed by atoms with Crippen molar-refractivity contribution in [2.45, 2.75) is 17.1 Å². The highest BCUT2D eigenvalue weighted by Crippen LogP contribution is 2.28. The SMILES string of the molecule is COc1ccc(/C=C(/NC(=O)c2ccccc2)C(=O)Nc2cccc(SC(C)C(=O)Nc3ccc(C(=O)O)cc3)c2)c(OC)c1. The average molecular weight is 626 g/mol. The monoisotopic (exact) mass is 625 g/mol. The Labute approximate surface area is 264 Å². The molecule has 0 fully saturated rings. The number of rotatable bonds is 12. The molecule has 0 aliphatic heterocycles. The van der Waals surface area contributed by atoms with Crippen LogP contribution in [0.3, 0.4) is 0 Å². The van der Waals surface area contributed by atoms with Gasteiger partial charge in [-0.15, -0.1) is 11.8 Å². The van der Waals surface area contributed by atoms with E-state index in [4.69, 9.17) is 14.6 Å². The molecule has 0 aliphatic carbocycles. The number of ether oxygens (including phenoxy) is 2. The molecule has 1 unspecified atom stereocenters. The molecule has 0 radical (unpaired) electrons.